The number of aliphatic hydroxyl groups excluding tert-OH is 1. The van der Waals surface area contributed by atoms with Crippen molar-refractivity contribution >= 4 is 10.0 Å². The topological polar surface area (TPSA) is 174 Å². The maximum absolute atomic E-state index is 12.0. The molecular formula is C12H17N3O8S. The highest BCUT2D eigenvalue weighted by Gasteiger charge is 2.75. The normalized spacial score (nSPS) is 36.0. The second-order valence-electron chi connectivity index (χ2n) is 6.32. The Hall–Kier alpha value is -1.57. The van der Waals surface area contributed by atoms with Crippen molar-refractivity contribution in [3.05, 3.63) is 33.1 Å². The van der Waals surface area contributed by atoms with Gasteiger partial charge in [0.15, 0.2) is 17.3 Å². The largest absolute Gasteiger partial charge is 0.379 e. The van der Waals surface area contributed by atoms with Gasteiger partial charge in [0.2, 0.25) is 10.0 Å². The van der Waals surface area contributed by atoms with Crippen LogP contribution >= 0.6 is 0 Å². The zero-order valence-corrected chi connectivity index (χ0v) is 13.6. The molecule has 134 valence electrons. The van der Waals surface area contributed by atoms with E-state index in [1.807, 2.05) is 4.98 Å². The summed E-state index contributed by atoms with van der Waals surface area (Å²) < 4.78 is 34.6. The fourth-order valence-corrected chi connectivity index (χ4v) is 3.74. The number of hydrogen-bond donors (Lipinski definition) is 4. The molecule has 2 aliphatic rings. The van der Waals surface area contributed by atoms with Crippen LogP contribution in [0.1, 0.15) is 20.1 Å². The second-order valence-corrected chi connectivity index (χ2v) is 7.99. The van der Waals surface area contributed by atoms with Gasteiger partial charge in [0.05, 0.1) is 5.60 Å². The zero-order chi connectivity index (χ0) is 18.1. The molecule has 3 rings (SSSR count). The van der Waals surface area contributed by atoms with Crippen LogP contribution in [-0.4, -0.2) is 57.0 Å². The third-order valence-corrected chi connectivity index (χ3v) is 5.44. The Morgan fingerprint density at radius 2 is 2.04 bits per heavy atom. The van der Waals surface area contributed by atoms with Crippen LogP contribution in [-0.2, 0) is 19.5 Å². The highest BCUT2D eigenvalue weighted by molar-refractivity contribution is 7.89. The molecule has 5 atom stereocenters. The lowest BCUT2D eigenvalue weighted by atomic mass is 9.73. The predicted octanol–water partition coefficient (Wildman–Crippen LogP) is -3.05. The van der Waals surface area contributed by atoms with Crippen molar-refractivity contribution in [3.63, 3.8) is 0 Å². The van der Waals surface area contributed by atoms with Gasteiger partial charge in [-0.05, 0) is 13.8 Å². The minimum absolute atomic E-state index is 0.650. The fourth-order valence-electron chi connectivity index (χ4n) is 3.16. The quantitative estimate of drug-likeness (QED) is 0.438. The lowest BCUT2D eigenvalue weighted by molar-refractivity contribution is -0.340. The lowest BCUT2D eigenvalue weighted by Crippen LogP contribution is -2.74. The summed E-state index contributed by atoms with van der Waals surface area (Å²) in [5.41, 5.74) is -6.71. The average molecular weight is 363 g/mol. The number of rotatable bonds is 3. The summed E-state index contributed by atoms with van der Waals surface area (Å²) in [6.07, 6.45) is -3.04. The summed E-state index contributed by atoms with van der Waals surface area (Å²) in [5, 5.41) is 25.8. The fraction of sp³-hybridized carbons (Fsp3) is 0.667. The summed E-state index contributed by atoms with van der Waals surface area (Å²) in [5.74, 6) is 0. The molecule has 3 heterocycles. The first-order chi connectivity index (χ1) is 10.9. The van der Waals surface area contributed by atoms with Gasteiger partial charge in [-0.1, -0.05) is 0 Å². The number of aliphatic hydroxyl groups is 2. The molecule has 2 aliphatic heterocycles. The van der Waals surface area contributed by atoms with E-state index in [4.69, 9.17) is 14.6 Å². The number of hydrogen-bond acceptors (Lipinski definition) is 8. The Kier molecular flexibility index (Phi) is 3.57. The summed E-state index contributed by atoms with van der Waals surface area (Å²) in [6.45, 7) is 3.03. The molecule has 0 spiro atoms. The van der Waals surface area contributed by atoms with E-state index in [9.17, 15) is 28.2 Å². The Balaban J connectivity index is 2.09. The van der Waals surface area contributed by atoms with Crippen molar-refractivity contribution in [2.24, 2.45) is 5.14 Å². The standard InChI is InChI=1S/C12H17N3O8S/c1-11(2)12(19)7(23-11)6(8(17)24(13,20)21)22-9(12)15-4-3-5(16)14-10(15)18/h3-4,6-9,17,19H,1-2H3,(H2,13,20,21)(H,14,16,18)/t6-,7+,8?,9+,12+/m0/s1. The average Bonchev–Trinajstić information content (AvgIpc) is 2.69. The van der Waals surface area contributed by atoms with Crippen LogP contribution in [0.3, 0.4) is 0 Å². The number of ether oxygens (including phenoxy) is 2. The van der Waals surface area contributed by atoms with Crippen molar-refractivity contribution in [3.8, 4) is 0 Å². The summed E-state index contributed by atoms with van der Waals surface area (Å²) in [7, 11) is -4.40. The maximum atomic E-state index is 12.0. The Labute approximate surface area is 135 Å². The molecule has 1 unspecified atom stereocenters. The highest BCUT2D eigenvalue weighted by Crippen LogP contribution is 2.56. The first kappa shape index (κ1) is 17.3. The van der Waals surface area contributed by atoms with Crippen molar-refractivity contribution in [1.29, 1.82) is 0 Å². The molecule has 0 radical (unpaired) electrons. The van der Waals surface area contributed by atoms with Crippen molar-refractivity contribution < 1.29 is 28.1 Å². The molecule has 1 aromatic rings. The van der Waals surface area contributed by atoms with Gasteiger partial charge in [0, 0.05) is 12.3 Å². The number of H-pyrrole nitrogens is 1. The molecule has 1 aromatic heterocycles. The molecule has 24 heavy (non-hydrogen) atoms. The number of nitrogens with two attached hydrogens (primary N) is 1. The minimum Gasteiger partial charge on any atom is -0.379 e. The van der Waals surface area contributed by atoms with Gasteiger partial charge in [-0.3, -0.25) is 14.3 Å². The second kappa shape index (κ2) is 4.97. The molecule has 5 N–H and O–H groups in total. The minimum atomic E-state index is -4.40. The molecule has 0 aromatic carbocycles. The molecular weight excluding hydrogens is 346 g/mol. The van der Waals surface area contributed by atoms with Crippen molar-refractivity contribution in [1.82, 2.24) is 9.55 Å². The molecule has 0 amide bonds. The van der Waals surface area contributed by atoms with Crippen LogP contribution in [0.4, 0.5) is 0 Å². The van der Waals surface area contributed by atoms with Gasteiger partial charge >= 0.3 is 5.69 Å². The number of aromatic amines is 1. The van der Waals surface area contributed by atoms with E-state index in [-0.39, 0.29) is 0 Å². The van der Waals surface area contributed by atoms with Crippen LogP contribution < -0.4 is 16.4 Å². The van der Waals surface area contributed by atoms with Crippen molar-refractivity contribution in [2.45, 2.75) is 48.9 Å². The number of nitrogens with zero attached hydrogens (tertiary/aromatic N) is 1. The van der Waals surface area contributed by atoms with Gasteiger partial charge in [-0.2, -0.15) is 0 Å². The first-order valence-electron chi connectivity index (χ1n) is 6.96. The zero-order valence-electron chi connectivity index (χ0n) is 12.7. The third kappa shape index (κ3) is 2.18. The maximum Gasteiger partial charge on any atom is 0.330 e. The van der Waals surface area contributed by atoms with Gasteiger partial charge in [0.25, 0.3) is 5.56 Å². The van der Waals surface area contributed by atoms with Gasteiger partial charge in [-0.25, -0.2) is 18.4 Å². The Morgan fingerprint density at radius 1 is 1.42 bits per heavy atom. The molecule has 11 nitrogen and oxygen atoms in total. The lowest BCUT2D eigenvalue weighted by Gasteiger charge is -2.56. The molecule has 2 fully saturated rings. The number of aromatic nitrogens is 2. The number of fused-ring (bicyclic) bond motifs is 1. The Bertz CT molecular complexity index is 890. The van der Waals surface area contributed by atoms with Gasteiger partial charge in [-0.15, -0.1) is 0 Å². The van der Waals surface area contributed by atoms with E-state index >= 15 is 0 Å². The van der Waals surface area contributed by atoms with E-state index in [0.29, 0.717) is 0 Å². The van der Waals surface area contributed by atoms with Gasteiger partial charge < -0.3 is 19.7 Å². The summed E-state index contributed by atoms with van der Waals surface area (Å²) >= 11 is 0. The molecule has 0 bridgehead atoms. The Morgan fingerprint density at radius 3 is 2.54 bits per heavy atom. The van der Waals surface area contributed by atoms with Crippen molar-refractivity contribution in [2.75, 3.05) is 0 Å². The predicted molar refractivity (Wildman–Crippen MR) is 78.2 cm³/mol. The third-order valence-electron chi connectivity index (χ3n) is 4.50. The van der Waals surface area contributed by atoms with E-state index in [0.717, 1.165) is 16.8 Å². The van der Waals surface area contributed by atoms with Crippen LogP contribution in [0.15, 0.2) is 21.9 Å². The SMILES string of the molecule is CC1(C)O[C@@H]2[C@@H](C(O)S(N)(=O)=O)O[C@@H](n3ccc(=O)[nH]c3=O)[C@]21O. The van der Waals surface area contributed by atoms with Gasteiger partial charge in [0.1, 0.15) is 12.2 Å². The molecule has 0 aliphatic carbocycles. The van der Waals surface area contributed by atoms with E-state index in [2.05, 4.69) is 0 Å². The first-order valence-corrected chi connectivity index (χ1v) is 8.57. The number of sulfonamides is 1. The van der Waals surface area contributed by atoms with E-state index < -0.39 is 56.3 Å². The van der Waals surface area contributed by atoms with E-state index in [1.54, 1.807) is 0 Å². The molecule has 2 saturated heterocycles. The smallest absolute Gasteiger partial charge is 0.330 e. The molecule has 12 heteroatoms. The summed E-state index contributed by atoms with van der Waals surface area (Å²) in [6, 6.07) is 1.04. The number of nitrogens with one attached hydrogen (secondary N) is 1. The van der Waals surface area contributed by atoms with Crippen LogP contribution in [0.5, 0.6) is 0 Å². The van der Waals surface area contributed by atoms with Crippen LogP contribution in [0, 0.1) is 0 Å². The van der Waals surface area contributed by atoms with Crippen LogP contribution in [0.2, 0.25) is 0 Å². The van der Waals surface area contributed by atoms with Crippen LogP contribution in [0.25, 0.3) is 0 Å². The monoisotopic (exact) mass is 363 g/mol. The molecule has 0 saturated carbocycles. The highest BCUT2D eigenvalue weighted by atomic mass is 32.2. The van der Waals surface area contributed by atoms with E-state index in [1.165, 1.54) is 13.8 Å². The summed E-state index contributed by atoms with van der Waals surface area (Å²) in [4.78, 5) is 25.2. The number of primary sulfonamides is 1.